The second kappa shape index (κ2) is 5.93. The zero-order valence-corrected chi connectivity index (χ0v) is 12.6. The van der Waals surface area contributed by atoms with Gasteiger partial charge in [-0.25, -0.2) is 0 Å². The second-order valence-electron chi connectivity index (χ2n) is 6.14. The van der Waals surface area contributed by atoms with Gasteiger partial charge in [0.15, 0.2) is 0 Å². The van der Waals surface area contributed by atoms with Crippen LogP contribution < -0.4 is 5.73 Å². The molecule has 0 saturated carbocycles. The smallest absolute Gasteiger partial charge is 0.228 e. The normalized spacial score (nSPS) is 23.1. The van der Waals surface area contributed by atoms with Crippen LogP contribution in [0.25, 0.3) is 0 Å². The van der Waals surface area contributed by atoms with Gasteiger partial charge in [-0.15, -0.1) is 12.4 Å². The summed E-state index contributed by atoms with van der Waals surface area (Å²) >= 11 is 0. The molecule has 3 nitrogen and oxygen atoms in total. The lowest BCUT2D eigenvalue weighted by molar-refractivity contribution is -0.138. The summed E-state index contributed by atoms with van der Waals surface area (Å²) in [5.41, 5.74) is 7.09. The molecule has 2 N–H and O–H groups in total. The first kappa shape index (κ1) is 16.0. The maximum atomic E-state index is 12.3. The fraction of sp³-hybridized carbons (Fsp3) is 0.533. The Kier molecular flexibility index (Phi) is 4.99. The SMILES string of the molecule is CC(C)(C)C(=O)N1C[C@@H](N)[C@H](c2ccccc2)C1.Cl. The van der Waals surface area contributed by atoms with Gasteiger partial charge in [0, 0.05) is 30.5 Å². The molecule has 4 heteroatoms. The highest BCUT2D eigenvalue weighted by Gasteiger charge is 2.37. The van der Waals surface area contributed by atoms with Gasteiger partial charge in [0.2, 0.25) is 5.91 Å². The zero-order valence-electron chi connectivity index (χ0n) is 11.8. The first-order valence-corrected chi connectivity index (χ1v) is 6.49. The molecule has 1 aliphatic heterocycles. The van der Waals surface area contributed by atoms with Gasteiger partial charge in [-0.3, -0.25) is 4.79 Å². The zero-order chi connectivity index (χ0) is 13.3. The number of benzene rings is 1. The highest BCUT2D eigenvalue weighted by atomic mass is 35.5. The van der Waals surface area contributed by atoms with Gasteiger partial charge in [0.1, 0.15) is 0 Å². The van der Waals surface area contributed by atoms with Crippen LogP contribution in [0.1, 0.15) is 32.3 Å². The standard InChI is InChI=1S/C15H22N2O.ClH/c1-15(2,3)14(18)17-9-12(13(16)10-17)11-7-5-4-6-8-11;/h4-8,12-13H,9-10,16H2,1-3H3;1H/t12-,13+;/m0./s1. The lowest BCUT2D eigenvalue weighted by Crippen LogP contribution is -2.39. The van der Waals surface area contributed by atoms with Gasteiger partial charge < -0.3 is 10.6 Å². The summed E-state index contributed by atoms with van der Waals surface area (Å²) < 4.78 is 0. The number of nitrogens with zero attached hydrogens (tertiary/aromatic N) is 1. The molecule has 0 unspecified atom stereocenters. The summed E-state index contributed by atoms with van der Waals surface area (Å²) in [7, 11) is 0. The van der Waals surface area contributed by atoms with Crippen molar-refractivity contribution in [3.8, 4) is 0 Å². The van der Waals surface area contributed by atoms with Crippen molar-refractivity contribution in [1.29, 1.82) is 0 Å². The van der Waals surface area contributed by atoms with E-state index in [1.807, 2.05) is 43.9 Å². The van der Waals surface area contributed by atoms with E-state index in [1.54, 1.807) is 0 Å². The van der Waals surface area contributed by atoms with Crippen molar-refractivity contribution >= 4 is 18.3 Å². The number of nitrogens with two attached hydrogens (primary N) is 1. The monoisotopic (exact) mass is 282 g/mol. The van der Waals surface area contributed by atoms with Gasteiger partial charge >= 0.3 is 0 Å². The molecule has 0 aromatic heterocycles. The molecule has 2 rings (SSSR count). The minimum absolute atomic E-state index is 0. The van der Waals surface area contributed by atoms with Gasteiger partial charge in [0.25, 0.3) is 0 Å². The van der Waals surface area contributed by atoms with Crippen LogP contribution in [0.3, 0.4) is 0 Å². The predicted molar refractivity (Wildman–Crippen MR) is 80.4 cm³/mol. The third-order valence-corrected chi connectivity index (χ3v) is 3.52. The summed E-state index contributed by atoms with van der Waals surface area (Å²) in [6, 6.07) is 10.3. The van der Waals surface area contributed by atoms with E-state index in [0.29, 0.717) is 6.54 Å². The van der Waals surface area contributed by atoms with Crippen molar-refractivity contribution in [2.45, 2.75) is 32.7 Å². The minimum atomic E-state index is -0.328. The van der Waals surface area contributed by atoms with Gasteiger partial charge in [-0.2, -0.15) is 0 Å². The third kappa shape index (κ3) is 3.48. The van der Waals surface area contributed by atoms with Crippen molar-refractivity contribution in [1.82, 2.24) is 4.90 Å². The molecule has 1 aromatic carbocycles. The van der Waals surface area contributed by atoms with E-state index in [-0.39, 0.29) is 35.7 Å². The molecule has 1 amide bonds. The second-order valence-corrected chi connectivity index (χ2v) is 6.14. The number of hydrogen-bond donors (Lipinski definition) is 1. The van der Waals surface area contributed by atoms with E-state index in [2.05, 4.69) is 12.1 Å². The Labute approximate surface area is 121 Å². The molecule has 0 aliphatic carbocycles. The molecule has 0 spiro atoms. The minimum Gasteiger partial charge on any atom is -0.340 e. The molecule has 106 valence electrons. The Hall–Kier alpha value is -1.06. The topological polar surface area (TPSA) is 46.3 Å². The van der Waals surface area contributed by atoms with Gasteiger partial charge in [0.05, 0.1) is 0 Å². The van der Waals surface area contributed by atoms with E-state index in [0.717, 1.165) is 6.54 Å². The van der Waals surface area contributed by atoms with Gasteiger partial charge in [-0.1, -0.05) is 51.1 Å². The van der Waals surface area contributed by atoms with Crippen molar-refractivity contribution in [3.63, 3.8) is 0 Å². The van der Waals surface area contributed by atoms with Crippen LogP contribution in [0.5, 0.6) is 0 Å². The first-order chi connectivity index (χ1) is 8.39. The number of carbonyl (C=O) groups excluding carboxylic acids is 1. The Morgan fingerprint density at radius 3 is 2.32 bits per heavy atom. The van der Waals surface area contributed by atoms with Crippen LogP contribution in [0.4, 0.5) is 0 Å². The lowest BCUT2D eigenvalue weighted by Gasteiger charge is -2.25. The number of likely N-dealkylation sites (tertiary alicyclic amines) is 1. The number of rotatable bonds is 1. The molecule has 1 heterocycles. The van der Waals surface area contributed by atoms with Crippen LogP contribution in [0.2, 0.25) is 0 Å². The van der Waals surface area contributed by atoms with E-state index in [1.165, 1.54) is 5.56 Å². The Morgan fingerprint density at radius 1 is 1.21 bits per heavy atom. The molecule has 1 saturated heterocycles. The summed E-state index contributed by atoms with van der Waals surface area (Å²) in [6.07, 6.45) is 0. The molecule has 1 fully saturated rings. The Morgan fingerprint density at radius 2 is 1.79 bits per heavy atom. The molecule has 2 atom stereocenters. The van der Waals surface area contributed by atoms with Crippen LogP contribution in [-0.2, 0) is 4.79 Å². The van der Waals surface area contributed by atoms with E-state index in [9.17, 15) is 4.79 Å². The van der Waals surface area contributed by atoms with Gasteiger partial charge in [-0.05, 0) is 5.56 Å². The quantitative estimate of drug-likeness (QED) is 0.860. The largest absolute Gasteiger partial charge is 0.340 e. The highest BCUT2D eigenvalue weighted by molar-refractivity contribution is 5.85. The molecule has 1 aliphatic rings. The summed E-state index contributed by atoms with van der Waals surface area (Å²) in [5.74, 6) is 0.453. The number of hydrogen-bond acceptors (Lipinski definition) is 2. The van der Waals surface area contributed by atoms with Crippen molar-refractivity contribution in [2.75, 3.05) is 13.1 Å². The van der Waals surface area contributed by atoms with Crippen LogP contribution in [0.15, 0.2) is 30.3 Å². The molecule has 0 radical (unpaired) electrons. The predicted octanol–water partition coefficient (Wildman–Crippen LogP) is 2.41. The van der Waals surface area contributed by atoms with Crippen LogP contribution in [-0.4, -0.2) is 29.9 Å². The van der Waals surface area contributed by atoms with Crippen LogP contribution in [0, 0.1) is 5.41 Å². The Balaban J connectivity index is 0.00000180. The highest BCUT2D eigenvalue weighted by Crippen LogP contribution is 2.29. The molecular formula is C15H23ClN2O. The lowest BCUT2D eigenvalue weighted by atomic mass is 9.94. The van der Waals surface area contributed by atoms with E-state index < -0.39 is 0 Å². The average Bonchev–Trinajstić information content (AvgIpc) is 2.70. The molecular weight excluding hydrogens is 260 g/mol. The average molecular weight is 283 g/mol. The number of carbonyl (C=O) groups is 1. The summed E-state index contributed by atoms with van der Waals surface area (Å²) in [6.45, 7) is 7.26. The maximum absolute atomic E-state index is 12.3. The molecule has 1 aromatic rings. The number of halogens is 1. The van der Waals surface area contributed by atoms with Crippen LogP contribution >= 0.6 is 12.4 Å². The van der Waals surface area contributed by atoms with E-state index in [4.69, 9.17) is 5.73 Å². The molecule has 19 heavy (non-hydrogen) atoms. The summed E-state index contributed by atoms with van der Waals surface area (Å²) in [4.78, 5) is 14.2. The Bertz CT molecular complexity index is 428. The van der Waals surface area contributed by atoms with Crippen molar-refractivity contribution < 1.29 is 4.79 Å². The fourth-order valence-corrected chi connectivity index (χ4v) is 2.52. The van der Waals surface area contributed by atoms with Crippen molar-refractivity contribution in [2.24, 2.45) is 11.1 Å². The number of amides is 1. The maximum Gasteiger partial charge on any atom is 0.228 e. The fourth-order valence-electron chi connectivity index (χ4n) is 2.52. The van der Waals surface area contributed by atoms with E-state index >= 15 is 0 Å². The first-order valence-electron chi connectivity index (χ1n) is 6.49. The third-order valence-electron chi connectivity index (χ3n) is 3.52. The summed E-state index contributed by atoms with van der Waals surface area (Å²) in [5, 5.41) is 0. The molecule has 0 bridgehead atoms. The van der Waals surface area contributed by atoms with Crippen molar-refractivity contribution in [3.05, 3.63) is 35.9 Å².